The first-order valence-corrected chi connectivity index (χ1v) is 13.1. The van der Waals surface area contributed by atoms with Crippen LogP contribution >= 0.6 is 0 Å². The zero-order chi connectivity index (χ0) is 30.1. The Bertz CT molecular complexity index is 1950. The van der Waals surface area contributed by atoms with E-state index < -0.39 is 24.3 Å². The number of H-pyrrole nitrogens is 1. The average molecular weight is 585 g/mol. The molecule has 2 aromatic heterocycles. The van der Waals surface area contributed by atoms with Crippen LogP contribution in [0.5, 0.6) is 17.2 Å². The van der Waals surface area contributed by atoms with Gasteiger partial charge in [0.1, 0.15) is 41.7 Å². The van der Waals surface area contributed by atoms with Crippen molar-refractivity contribution >= 4 is 22.6 Å². The normalized spacial score (nSPS) is 13.1. The summed E-state index contributed by atoms with van der Waals surface area (Å²) in [5, 5.41) is 14.1. The maximum absolute atomic E-state index is 13.5. The molecule has 13 heteroatoms. The molecule has 3 heterocycles. The molecular formula is C30H22F2N6O5. The SMILES string of the molecule is CCN(C(=O)Cn1nc(-c2ccc(C#N)c(OCc3ccccc3)c2)c2nc[nH]c2c1=O)c1ccc2c(c1)OC(F)(F)O2. The van der Waals surface area contributed by atoms with Crippen LogP contribution in [0.15, 0.2) is 77.9 Å². The van der Waals surface area contributed by atoms with E-state index in [9.17, 15) is 23.6 Å². The fraction of sp³-hybridized carbons (Fsp3) is 0.167. The van der Waals surface area contributed by atoms with Crippen molar-refractivity contribution in [2.24, 2.45) is 0 Å². The minimum atomic E-state index is -3.80. The van der Waals surface area contributed by atoms with Crippen molar-refractivity contribution in [3.63, 3.8) is 0 Å². The van der Waals surface area contributed by atoms with Gasteiger partial charge in [0.2, 0.25) is 5.91 Å². The van der Waals surface area contributed by atoms with Crippen molar-refractivity contribution in [3.05, 3.63) is 94.5 Å². The summed E-state index contributed by atoms with van der Waals surface area (Å²) in [6.45, 7) is 1.63. The molecule has 1 aliphatic rings. The molecule has 0 fully saturated rings. The van der Waals surface area contributed by atoms with Gasteiger partial charge in [-0.15, -0.1) is 8.78 Å². The molecule has 43 heavy (non-hydrogen) atoms. The maximum atomic E-state index is 13.5. The van der Waals surface area contributed by atoms with Crippen LogP contribution in [-0.2, 0) is 17.9 Å². The predicted octanol–water partition coefficient (Wildman–Crippen LogP) is 4.61. The van der Waals surface area contributed by atoms with Crippen LogP contribution in [0.2, 0.25) is 0 Å². The number of aromatic amines is 1. The third-order valence-electron chi connectivity index (χ3n) is 6.74. The van der Waals surface area contributed by atoms with Crippen molar-refractivity contribution in [2.75, 3.05) is 11.4 Å². The molecule has 0 bridgehead atoms. The summed E-state index contributed by atoms with van der Waals surface area (Å²) in [4.78, 5) is 35.1. The number of rotatable bonds is 8. The first kappa shape index (κ1) is 27.4. The summed E-state index contributed by atoms with van der Waals surface area (Å²) in [6, 6.07) is 20.4. The number of nitrogens with one attached hydrogen (secondary N) is 1. The van der Waals surface area contributed by atoms with Gasteiger partial charge in [0, 0.05) is 23.9 Å². The van der Waals surface area contributed by atoms with E-state index in [2.05, 4.69) is 30.6 Å². The number of imidazole rings is 1. The van der Waals surface area contributed by atoms with Crippen molar-refractivity contribution < 1.29 is 27.8 Å². The van der Waals surface area contributed by atoms with Crippen molar-refractivity contribution in [2.45, 2.75) is 26.4 Å². The van der Waals surface area contributed by atoms with Crippen LogP contribution in [-0.4, -0.2) is 38.5 Å². The predicted molar refractivity (Wildman–Crippen MR) is 150 cm³/mol. The Morgan fingerprint density at radius 2 is 1.91 bits per heavy atom. The Hall–Kier alpha value is -5.77. The number of ether oxygens (including phenoxy) is 3. The van der Waals surface area contributed by atoms with Crippen molar-refractivity contribution in [3.8, 4) is 34.6 Å². The summed E-state index contributed by atoms with van der Waals surface area (Å²) >= 11 is 0. The number of fused-ring (bicyclic) bond motifs is 2. The molecule has 0 spiro atoms. The summed E-state index contributed by atoms with van der Waals surface area (Å²) < 4.78 is 42.9. The van der Waals surface area contributed by atoms with Crippen LogP contribution in [0.4, 0.5) is 14.5 Å². The fourth-order valence-electron chi connectivity index (χ4n) is 4.72. The first-order valence-electron chi connectivity index (χ1n) is 13.1. The van der Waals surface area contributed by atoms with Gasteiger partial charge in [-0.1, -0.05) is 36.4 Å². The number of likely N-dealkylation sites (N-methyl/N-ethyl adjacent to an activating group) is 1. The van der Waals surface area contributed by atoms with Gasteiger partial charge in [-0.25, -0.2) is 9.67 Å². The van der Waals surface area contributed by atoms with Gasteiger partial charge in [0.25, 0.3) is 5.56 Å². The number of alkyl halides is 2. The van der Waals surface area contributed by atoms with E-state index in [1.807, 2.05) is 30.3 Å². The standard InChI is InChI=1S/C30H22F2N6O5/c1-2-37(21-10-11-22-24(13-21)43-30(31,32)42-22)25(39)15-38-29(40)28-27(34-17-35-28)26(36-38)19-8-9-20(14-33)23(12-19)41-16-18-6-4-3-5-7-18/h3-13,17H,2,15-16H2,1H3,(H,34,35). The van der Waals surface area contributed by atoms with Crippen molar-refractivity contribution in [1.82, 2.24) is 19.7 Å². The lowest BCUT2D eigenvalue weighted by atomic mass is 10.1. The molecule has 0 unspecified atom stereocenters. The molecule has 3 aromatic carbocycles. The number of hydrogen-bond donors (Lipinski definition) is 1. The highest BCUT2D eigenvalue weighted by Gasteiger charge is 2.43. The minimum Gasteiger partial charge on any atom is -0.487 e. The molecule has 6 rings (SSSR count). The highest BCUT2D eigenvalue weighted by atomic mass is 19.3. The molecule has 0 aliphatic carbocycles. The molecule has 1 N–H and O–H groups in total. The number of halogens is 2. The third kappa shape index (κ3) is 5.33. The Morgan fingerprint density at radius 1 is 1.12 bits per heavy atom. The summed E-state index contributed by atoms with van der Waals surface area (Å²) in [6.07, 6.45) is -2.45. The molecule has 0 radical (unpaired) electrons. The Morgan fingerprint density at radius 3 is 2.67 bits per heavy atom. The van der Waals surface area contributed by atoms with Gasteiger partial charge in [0.05, 0.1) is 11.9 Å². The smallest absolute Gasteiger partial charge is 0.487 e. The van der Waals surface area contributed by atoms with Gasteiger partial charge in [-0.2, -0.15) is 10.4 Å². The van der Waals surface area contributed by atoms with E-state index in [4.69, 9.17) is 4.74 Å². The van der Waals surface area contributed by atoms with E-state index in [1.54, 1.807) is 25.1 Å². The molecule has 0 saturated carbocycles. The molecule has 216 valence electrons. The lowest BCUT2D eigenvalue weighted by Crippen LogP contribution is -2.37. The number of hydrogen-bond acceptors (Lipinski definition) is 8. The number of anilines is 1. The topological polar surface area (TPSA) is 135 Å². The molecule has 11 nitrogen and oxygen atoms in total. The second kappa shape index (κ2) is 10.9. The van der Waals surface area contributed by atoms with E-state index >= 15 is 0 Å². The number of nitrogens with zero attached hydrogens (tertiary/aromatic N) is 5. The van der Waals surface area contributed by atoms with Crippen LogP contribution in [0, 0.1) is 11.3 Å². The summed E-state index contributed by atoms with van der Waals surface area (Å²) in [5.41, 5.74) is 2.10. The number of aromatic nitrogens is 4. The highest BCUT2D eigenvalue weighted by Crippen LogP contribution is 2.43. The quantitative estimate of drug-likeness (QED) is 0.279. The van der Waals surface area contributed by atoms with Gasteiger partial charge in [-0.05, 0) is 36.8 Å². The van der Waals surface area contributed by atoms with Crippen LogP contribution in [0.3, 0.4) is 0 Å². The van der Waals surface area contributed by atoms with Crippen molar-refractivity contribution in [1.29, 1.82) is 5.26 Å². The van der Waals surface area contributed by atoms with Gasteiger partial charge < -0.3 is 24.1 Å². The zero-order valence-electron chi connectivity index (χ0n) is 22.6. The van der Waals surface area contributed by atoms with E-state index in [1.165, 1.54) is 29.4 Å². The van der Waals surface area contributed by atoms with Crippen LogP contribution in [0.1, 0.15) is 18.1 Å². The second-order valence-corrected chi connectivity index (χ2v) is 9.47. The number of nitriles is 1. The number of benzene rings is 3. The van der Waals surface area contributed by atoms with E-state index in [-0.39, 0.29) is 47.1 Å². The number of amides is 1. The van der Waals surface area contributed by atoms with E-state index in [0.717, 1.165) is 10.2 Å². The van der Waals surface area contributed by atoms with Crippen LogP contribution in [0.25, 0.3) is 22.3 Å². The lowest BCUT2D eigenvalue weighted by molar-refractivity contribution is -0.286. The average Bonchev–Trinajstić information content (AvgIpc) is 3.61. The van der Waals surface area contributed by atoms with Gasteiger partial charge >= 0.3 is 6.29 Å². The molecular weight excluding hydrogens is 562 g/mol. The Kier molecular flexibility index (Phi) is 6.95. The van der Waals surface area contributed by atoms with Crippen LogP contribution < -0.4 is 24.7 Å². The maximum Gasteiger partial charge on any atom is 0.586 e. The molecule has 0 atom stereocenters. The number of carbonyl (C=O) groups is 1. The number of carbonyl (C=O) groups excluding carboxylic acids is 1. The van der Waals surface area contributed by atoms with Gasteiger partial charge in [0.15, 0.2) is 11.5 Å². The molecule has 0 saturated heterocycles. The first-order chi connectivity index (χ1) is 20.8. The fourth-order valence-corrected chi connectivity index (χ4v) is 4.72. The second-order valence-electron chi connectivity index (χ2n) is 9.47. The zero-order valence-corrected chi connectivity index (χ0v) is 22.6. The summed E-state index contributed by atoms with van der Waals surface area (Å²) in [5.74, 6) is -0.580. The largest absolute Gasteiger partial charge is 0.586 e. The minimum absolute atomic E-state index is 0.127. The molecule has 1 amide bonds. The summed E-state index contributed by atoms with van der Waals surface area (Å²) in [7, 11) is 0. The third-order valence-corrected chi connectivity index (χ3v) is 6.74. The highest BCUT2D eigenvalue weighted by molar-refractivity contribution is 5.94. The monoisotopic (exact) mass is 584 g/mol. The Labute approximate surface area is 242 Å². The van der Waals surface area contributed by atoms with Gasteiger partial charge in [-0.3, -0.25) is 9.59 Å². The Balaban J connectivity index is 1.32. The molecule has 1 aliphatic heterocycles. The molecule has 5 aromatic rings. The van der Waals surface area contributed by atoms with E-state index in [0.29, 0.717) is 16.9 Å². The lowest BCUT2D eigenvalue weighted by Gasteiger charge is -2.21.